The van der Waals surface area contributed by atoms with Crippen LogP contribution in [0.25, 0.3) is 0 Å². The number of cyclic esters (lactones) is 2. The van der Waals surface area contributed by atoms with E-state index in [0.29, 0.717) is 48.5 Å². The number of unbranched alkanes of at least 4 members (excludes halogenated alkanes) is 4. The van der Waals surface area contributed by atoms with Crippen LogP contribution in [0.1, 0.15) is 84.9 Å². The number of ether oxygens (including phenoxy) is 5. The monoisotopic (exact) mass is 622 g/mol. The van der Waals surface area contributed by atoms with Crippen LogP contribution in [0.4, 0.5) is 0 Å². The van der Waals surface area contributed by atoms with Gasteiger partial charge in [0.1, 0.15) is 23.7 Å². The zero-order valence-corrected chi connectivity index (χ0v) is 25.8. The van der Waals surface area contributed by atoms with Gasteiger partial charge in [-0.3, -0.25) is 0 Å². The van der Waals surface area contributed by atoms with Gasteiger partial charge in [0.2, 0.25) is 0 Å². The molecule has 2 aliphatic rings. The minimum Gasteiger partial charge on any atom is -0.494 e. The lowest BCUT2D eigenvalue weighted by Crippen LogP contribution is -2.06. The van der Waals surface area contributed by atoms with E-state index >= 15 is 0 Å². The van der Waals surface area contributed by atoms with Gasteiger partial charge in [-0.15, -0.1) is 0 Å². The van der Waals surface area contributed by atoms with E-state index in [1.54, 1.807) is 36.4 Å². The van der Waals surface area contributed by atoms with Gasteiger partial charge in [0.15, 0.2) is 0 Å². The first-order valence-corrected chi connectivity index (χ1v) is 15.2. The van der Waals surface area contributed by atoms with Crippen LogP contribution in [0.3, 0.4) is 0 Å². The number of carbonyl (C=O) groups is 4. The van der Waals surface area contributed by atoms with Crippen molar-refractivity contribution in [1.29, 1.82) is 0 Å². The summed E-state index contributed by atoms with van der Waals surface area (Å²) in [6.45, 7) is 8.54. The van der Waals surface area contributed by atoms with Gasteiger partial charge in [-0.1, -0.05) is 13.2 Å². The summed E-state index contributed by atoms with van der Waals surface area (Å²) in [5, 5.41) is 8.79. The third kappa shape index (κ3) is 12.1. The second kappa shape index (κ2) is 18.3. The van der Waals surface area contributed by atoms with Crippen LogP contribution in [-0.4, -0.2) is 61.5 Å². The standard InChI is InChI=1S/C18H22O5.C17H20O5/c1-13-12-16(23-17(13)19)6-4-3-5-11-22-15-9-7-14(8-10-15)18(20)21-2;1-12-11-15(22-17(12)20)5-3-2-4-10-21-14-8-6-13(7-9-14)16(18)19/h7-10,16H,1,3-6,11-12H2,2H3;6-9,15H,1-5,10-11H2,(H,18,19). The molecule has 2 aliphatic heterocycles. The van der Waals surface area contributed by atoms with Crippen LogP contribution in [0.5, 0.6) is 11.5 Å². The fourth-order valence-electron chi connectivity index (χ4n) is 4.77. The molecule has 2 fully saturated rings. The molecule has 0 spiro atoms. The van der Waals surface area contributed by atoms with Crippen LogP contribution in [0.2, 0.25) is 0 Å². The molecular weight excluding hydrogens is 580 g/mol. The van der Waals surface area contributed by atoms with Crippen molar-refractivity contribution in [3.8, 4) is 11.5 Å². The summed E-state index contributed by atoms with van der Waals surface area (Å²) in [4.78, 5) is 44.4. The fourth-order valence-corrected chi connectivity index (χ4v) is 4.77. The molecule has 4 rings (SSSR count). The van der Waals surface area contributed by atoms with E-state index in [2.05, 4.69) is 17.9 Å². The minimum atomic E-state index is -0.943. The largest absolute Gasteiger partial charge is 0.494 e. The molecule has 0 saturated carbocycles. The summed E-state index contributed by atoms with van der Waals surface area (Å²) < 4.78 is 26.2. The van der Waals surface area contributed by atoms with E-state index in [1.165, 1.54) is 19.2 Å². The smallest absolute Gasteiger partial charge is 0.337 e. The predicted octanol–water partition coefficient (Wildman–Crippen LogP) is 6.48. The van der Waals surface area contributed by atoms with Gasteiger partial charge in [0, 0.05) is 24.0 Å². The highest BCUT2D eigenvalue weighted by atomic mass is 16.6. The molecule has 2 aromatic rings. The highest BCUT2D eigenvalue weighted by Crippen LogP contribution is 2.24. The topological polar surface area (TPSA) is 135 Å². The zero-order valence-electron chi connectivity index (χ0n) is 25.8. The van der Waals surface area contributed by atoms with Gasteiger partial charge in [-0.25, -0.2) is 19.2 Å². The van der Waals surface area contributed by atoms with Gasteiger partial charge < -0.3 is 28.8 Å². The summed E-state index contributed by atoms with van der Waals surface area (Å²) in [5.41, 5.74) is 1.90. The van der Waals surface area contributed by atoms with Crippen LogP contribution < -0.4 is 9.47 Å². The molecular formula is C35H42O10. The summed E-state index contributed by atoms with van der Waals surface area (Å²) >= 11 is 0. The Kier molecular flexibility index (Phi) is 14.2. The average Bonchev–Trinajstić information content (AvgIpc) is 3.54. The molecule has 2 atom stereocenters. The Labute approximate surface area is 264 Å². The van der Waals surface area contributed by atoms with Gasteiger partial charge in [0.05, 0.1) is 31.5 Å². The molecule has 1 N–H and O–H groups in total. The van der Waals surface area contributed by atoms with E-state index in [1.807, 2.05) is 0 Å². The third-order valence-corrected chi connectivity index (χ3v) is 7.33. The van der Waals surface area contributed by atoms with Crippen LogP contribution >= 0.6 is 0 Å². The number of carboxylic acid groups (broad SMARTS) is 1. The summed E-state index contributed by atoms with van der Waals surface area (Å²) in [5.74, 6) is -0.412. The fraction of sp³-hybridized carbons (Fsp3) is 0.429. The molecule has 10 heteroatoms. The zero-order chi connectivity index (χ0) is 32.6. The summed E-state index contributed by atoms with van der Waals surface area (Å²) in [7, 11) is 1.36. The molecule has 2 unspecified atom stereocenters. The van der Waals surface area contributed by atoms with Crippen molar-refractivity contribution in [3.05, 3.63) is 84.0 Å². The molecule has 2 heterocycles. The number of aromatic carboxylic acids is 1. The van der Waals surface area contributed by atoms with E-state index < -0.39 is 5.97 Å². The Morgan fingerprint density at radius 3 is 1.49 bits per heavy atom. The maximum Gasteiger partial charge on any atom is 0.337 e. The van der Waals surface area contributed by atoms with Crippen molar-refractivity contribution in [1.82, 2.24) is 0 Å². The predicted molar refractivity (Wildman–Crippen MR) is 166 cm³/mol. The Hall–Kier alpha value is -4.60. The highest BCUT2D eigenvalue weighted by molar-refractivity contribution is 5.90. The lowest BCUT2D eigenvalue weighted by Gasteiger charge is -2.09. The molecule has 0 amide bonds. The lowest BCUT2D eigenvalue weighted by molar-refractivity contribution is -0.140. The SMILES string of the molecule is C=C1CC(CCCCCOc2ccc(C(=O)O)cc2)OC1=O.C=C1CC(CCCCCOc2ccc(C(=O)OC)cc2)OC1=O. The molecule has 2 saturated heterocycles. The normalized spacial score (nSPS) is 17.2. The second-order valence-electron chi connectivity index (χ2n) is 10.9. The third-order valence-electron chi connectivity index (χ3n) is 7.33. The maximum atomic E-state index is 11.3. The molecule has 2 aromatic carbocycles. The van der Waals surface area contributed by atoms with E-state index in [-0.39, 0.29) is 35.7 Å². The number of rotatable bonds is 16. The Bertz CT molecular complexity index is 1280. The summed E-state index contributed by atoms with van der Waals surface area (Å²) in [6.07, 6.45) is 8.84. The number of methoxy groups -OCH3 is 1. The van der Waals surface area contributed by atoms with Crippen molar-refractivity contribution in [2.45, 2.75) is 76.4 Å². The number of carbonyl (C=O) groups excluding carboxylic acids is 3. The molecule has 242 valence electrons. The summed E-state index contributed by atoms with van der Waals surface area (Å²) in [6, 6.07) is 13.3. The second-order valence-corrected chi connectivity index (χ2v) is 10.9. The first-order chi connectivity index (χ1) is 21.7. The molecule has 10 nitrogen and oxygen atoms in total. The number of hydrogen-bond donors (Lipinski definition) is 1. The van der Waals surface area contributed by atoms with E-state index in [9.17, 15) is 19.2 Å². The van der Waals surface area contributed by atoms with Gasteiger partial charge in [-0.2, -0.15) is 0 Å². The Morgan fingerprint density at radius 2 is 1.13 bits per heavy atom. The van der Waals surface area contributed by atoms with E-state index in [0.717, 1.165) is 57.1 Å². The Balaban J connectivity index is 0.000000246. The van der Waals surface area contributed by atoms with Crippen molar-refractivity contribution >= 4 is 23.9 Å². The van der Waals surface area contributed by atoms with E-state index in [4.69, 9.17) is 24.1 Å². The molecule has 0 aliphatic carbocycles. The van der Waals surface area contributed by atoms with Crippen molar-refractivity contribution < 1.29 is 48.0 Å². The van der Waals surface area contributed by atoms with Crippen molar-refractivity contribution in [2.24, 2.45) is 0 Å². The van der Waals surface area contributed by atoms with Crippen LogP contribution in [-0.2, 0) is 23.8 Å². The number of benzene rings is 2. The molecule has 0 aromatic heterocycles. The van der Waals surface area contributed by atoms with Crippen molar-refractivity contribution in [2.75, 3.05) is 20.3 Å². The quantitative estimate of drug-likeness (QED) is 0.0959. The maximum absolute atomic E-state index is 11.3. The number of carboxylic acids is 1. The van der Waals surface area contributed by atoms with Crippen LogP contribution in [0, 0.1) is 0 Å². The van der Waals surface area contributed by atoms with Gasteiger partial charge in [-0.05, 0) is 99.9 Å². The first-order valence-electron chi connectivity index (χ1n) is 15.2. The molecule has 0 radical (unpaired) electrons. The minimum absolute atomic E-state index is 0.00165. The first kappa shape index (κ1) is 34.9. The van der Waals surface area contributed by atoms with Crippen LogP contribution in [0.15, 0.2) is 72.8 Å². The van der Waals surface area contributed by atoms with Gasteiger partial charge >= 0.3 is 23.9 Å². The molecule has 0 bridgehead atoms. The van der Waals surface area contributed by atoms with Crippen molar-refractivity contribution in [3.63, 3.8) is 0 Å². The lowest BCUT2D eigenvalue weighted by atomic mass is 10.1. The Morgan fingerprint density at radius 1 is 0.711 bits per heavy atom. The number of hydrogen-bond acceptors (Lipinski definition) is 9. The highest BCUT2D eigenvalue weighted by Gasteiger charge is 2.27. The van der Waals surface area contributed by atoms with Gasteiger partial charge in [0.25, 0.3) is 0 Å². The average molecular weight is 623 g/mol. The molecule has 45 heavy (non-hydrogen) atoms. The number of esters is 3.